The number of nitrogens with zero attached hydrogens (tertiary/aromatic N) is 2. The van der Waals surface area contributed by atoms with Crippen LogP contribution in [0, 0.1) is 5.82 Å². The molecular weight excluding hydrogens is 273 g/mol. The van der Waals surface area contributed by atoms with Gasteiger partial charge in [-0.25, -0.2) is 4.39 Å². The van der Waals surface area contributed by atoms with E-state index in [1.54, 1.807) is 12.1 Å². The fraction of sp³-hybridized carbons (Fsp3) is 0.533. The van der Waals surface area contributed by atoms with Gasteiger partial charge < -0.3 is 5.73 Å². The number of likely N-dealkylation sites (N-methyl/N-ethyl adjacent to an activating group) is 1. The van der Waals surface area contributed by atoms with Gasteiger partial charge >= 0.3 is 0 Å². The Hall–Kier alpha value is -1.04. The van der Waals surface area contributed by atoms with Crippen LogP contribution in [0.1, 0.15) is 25.0 Å². The van der Waals surface area contributed by atoms with Gasteiger partial charge in [-0.15, -0.1) is 0 Å². The number of rotatable bonds is 3. The molecule has 1 fully saturated rings. The van der Waals surface area contributed by atoms with Gasteiger partial charge in [0.05, 0.1) is 0 Å². The second-order valence-corrected chi connectivity index (χ2v) is 6.55. The zero-order chi connectivity index (χ0) is 14.9. The second-order valence-electron chi connectivity index (χ2n) is 6.12. The summed E-state index contributed by atoms with van der Waals surface area (Å²) in [7, 11) is 2.13. The Balaban J connectivity index is 2.09. The third-order valence-electron chi connectivity index (χ3n) is 4.13. The summed E-state index contributed by atoms with van der Waals surface area (Å²) in [5.41, 5.74) is 6.92. The Morgan fingerprint density at radius 1 is 1.40 bits per heavy atom. The summed E-state index contributed by atoms with van der Waals surface area (Å²) in [5.74, 6) is -0.230. The normalized spacial score (nSPS) is 20.0. The van der Waals surface area contributed by atoms with Crippen LogP contribution in [-0.4, -0.2) is 47.0 Å². The van der Waals surface area contributed by atoms with Crippen molar-refractivity contribution in [2.24, 2.45) is 5.73 Å². The van der Waals surface area contributed by atoms with E-state index < -0.39 is 0 Å². The monoisotopic (exact) mass is 295 g/mol. The molecule has 0 unspecified atom stereocenters. The van der Waals surface area contributed by atoms with E-state index in [9.17, 15) is 4.39 Å². The molecule has 0 spiro atoms. The van der Waals surface area contributed by atoms with Gasteiger partial charge in [-0.3, -0.25) is 9.80 Å². The van der Waals surface area contributed by atoms with Crippen molar-refractivity contribution in [3.05, 3.63) is 35.1 Å². The zero-order valence-electron chi connectivity index (χ0n) is 12.3. The molecule has 2 N–H and O–H groups in total. The number of nitrogens with two attached hydrogens (primary N) is 1. The molecule has 2 rings (SSSR count). The average molecular weight is 295 g/mol. The van der Waals surface area contributed by atoms with Gasteiger partial charge in [0.1, 0.15) is 10.8 Å². The van der Waals surface area contributed by atoms with E-state index in [2.05, 4.69) is 30.7 Å². The fourth-order valence-corrected chi connectivity index (χ4v) is 2.67. The molecule has 1 saturated heterocycles. The van der Waals surface area contributed by atoms with Crippen LogP contribution in [0.2, 0.25) is 0 Å². The molecule has 3 nitrogen and oxygen atoms in total. The lowest BCUT2D eigenvalue weighted by Crippen LogP contribution is -2.57. The predicted molar refractivity (Wildman–Crippen MR) is 84.3 cm³/mol. The molecule has 1 aliphatic heterocycles. The van der Waals surface area contributed by atoms with Crippen LogP contribution in [0.3, 0.4) is 0 Å². The highest BCUT2D eigenvalue weighted by Gasteiger charge is 2.31. The summed E-state index contributed by atoms with van der Waals surface area (Å²) in [6.07, 6.45) is 0. The maximum atomic E-state index is 14.1. The van der Waals surface area contributed by atoms with Gasteiger partial charge in [0, 0.05) is 42.8 Å². The molecule has 0 atom stereocenters. The van der Waals surface area contributed by atoms with E-state index >= 15 is 0 Å². The maximum Gasteiger partial charge on any atom is 0.128 e. The van der Waals surface area contributed by atoms with E-state index in [4.69, 9.17) is 18.0 Å². The quantitative estimate of drug-likeness (QED) is 0.865. The number of piperazine rings is 1. The molecule has 0 aliphatic carbocycles. The molecule has 1 aromatic carbocycles. The van der Waals surface area contributed by atoms with Crippen LogP contribution in [0.4, 0.5) is 4.39 Å². The van der Waals surface area contributed by atoms with Crippen molar-refractivity contribution in [2.45, 2.75) is 25.9 Å². The summed E-state index contributed by atoms with van der Waals surface area (Å²) in [5, 5.41) is 0. The summed E-state index contributed by atoms with van der Waals surface area (Å²) in [6, 6.07) is 5.01. The van der Waals surface area contributed by atoms with Gasteiger partial charge in [0.2, 0.25) is 0 Å². The first-order valence-corrected chi connectivity index (χ1v) is 7.22. The minimum absolute atomic E-state index is 0.119. The fourth-order valence-electron chi connectivity index (χ4n) is 2.55. The lowest BCUT2D eigenvalue weighted by Gasteiger charge is -2.45. The zero-order valence-corrected chi connectivity index (χ0v) is 13.1. The van der Waals surface area contributed by atoms with Crippen LogP contribution in [-0.2, 0) is 6.54 Å². The predicted octanol–water partition coefficient (Wildman–Crippen LogP) is 1.99. The maximum absolute atomic E-state index is 14.1. The number of benzene rings is 1. The van der Waals surface area contributed by atoms with Gasteiger partial charge in [-0.2, -0.15) is 0 Å². The topological polar surface area (TPSA) is 32.5 Å². The summed E-state index contributed by atoms with van der Waals surface area (Å²) in [4.78, 5) is 4.87. The van der Waals surface area contributed by atoms with Crippen LogP contribution in [0.25, 0.3) is 0 Å². The minimum atomic E-state index is -0.230. The van der Waals surface area contributed by atoms with Crippen molar-refractivity contribution in [3.63, 3.8) is 0 Å². The largest absolute Gasteiger partial charge is 0.389 e. The van der Waals surface area contributed by atoms with Crippen molar-refractivity contribution in [3.8, 4) is 0 Å². The second kappa shape index (κ2) is 5.76. The Bertz CT molecular complexity index is 516. The smallest absolute Gasteiger partial charge is 0.128 e. The van der Waals surface area contributed by atoms with E-state index in [1.807, 2.05) is 0 Å². The minimum Gasteiger partial charge on any atom is -0.389 e. The van der Waals surface area contributed by atoms with Crippen molar-refractivity contribution < 1.29 is 4.39 Å². The van der Waals surface area contributed by atoms with Gasteiger partial charge in [0.15, 0.2) is 0 Å². The molecule has 0 saturated carbocycles. The SMILES string of the molecule is CN1CCN(Cc2ccc(C(N)=S)cc2F)CC1(C)C. The molecule has 0 amide bonds. The molecule has 110 valence electrons. The van der Waals surface area contributed by atoms with Crippen LogP contribution >= 0.6 is 12.2 Å². The first-order chi connectivity index (χ1) is 9.29. The number of halogens is 1. The van der Waals surface area contributed by atoms with Gasteiger partial charge in [-0.1, -0.05) is 24.4 Å². The number of hydrogen-bond donors (Lipinski definition) is 1. The Labute approximate surface area is 125 Å². The van der Waals surface area contributed by atoms with Crippen LogP contribution < -0.4 is 5.73 Å². The summed E-state index contributed by atoms with van der Waals surface area (Å²) < 4.78 is 14.1. The average Bonchev–Trinajstić information content (AvgIpc) is 2.35. The Morgan fingerprint density at radius 3 is 2.65 bits per heavy atom. The third-order valence-corrected chi connectivity index (χ3v) is 4.36. The number of hydrogen-bond acceptors (Lipinski definition) is 3. The molecule has 1 aromatic rings. The van der Waals surface area contributed by atoms with Crippen molar-refractivity contribution in [2.75, 3.05) is 26.7 Å². The first kappa shape index (κ1) is 15.4. The van der Waals surface area contributed by atoms with Crippen LogP contribution in [0.5, 0.6) is 0 Å². The van der Waals surface area contributed by atoms with Crippen molar-refractivity contribution in [1.29, 1.82) is 0 Å². The summed E-state index contributed by atoms with van der Waals surface area (Å²) >= 11 is 4.86. The molecule has 20 heavy (non-hydrogen) atoms. The highest BCUT2D eigenvalue weighted by molar-refractivity contribution is 7.80. The Morgan fingerprint density at radius 2 is 2.10 bits per heavy atom. The van der Waals surface area contributed by atoms with E-state index in [0.29, 0.717) is 17.7 Å². The lowest BCUT2D eigenvalue weighted by molar-refractivity contribution is 0.0355. The van der Waals surface area contributed by atoms with E-state index in [1.165, 1.54) is 6.07 Å². The lowest BCUT2D eigenvalue weighted by atomic mass is 9.99. The standard InChI is InChI=1S/C15H22FN3S/c1-15(2)10-19(7-6-18(15)3)9-12-5-4-11(14(17)20)8-13(12)16/h4-5,8H,6-7,9-10H2,1-3H3,(H2,17,20). The van der Waals surface area contributed by atoms with Crippen LogP contribution in [0.15, 0.2) is 18.2 Å². The third kappa shape index (κ3) is 3.34. The molecule has 0 radical (unpaired) electrons. The highest BCUT2D eigenvalue weighted by atomic mass is 32.1. The summed E-state index contributed by atoms with van der Waals surface area (Å²) in [6.45, 7) is 7.94. The molecule has 1 aliphatic rings. The molecule has 5 heteroatoms. The van der Waals surface area contributed by atoms with Gasteiger partial charge in [0.25, 0.3) is 0 Å². The molecule has 0 aromatic heterocycles. The first-order valence-electron chi connectivity index (χ1n) is 6.81. The van der Waals surface area contributed by atoms with Crippen molar-refractivity contribution >= 4 is 17.2 Å². The Kier molecular flexibility index (Phi) is 4.42. The van der Waals surface area contributed by atoms with E-state index in [-0.39, 0.29) is 16.3 Å². The molecule has 0 bridgehead atoms. The molecule has 1 heterocycles. The highest BCUT2D eigenvalue weighted by Crippen LogP contribution is 2.21. The van der Waals surface area contributed by atoms with E-state index in [0.717, 1.165) is 19.6 Å². The van der Waals surface area contributed by atoms with Gasteiger partial charge in [-0.05, 0) is 27.0 Å². The molecular formula is C15H22FN3S. The number of thiocarbonyl (C=S) groups is 1. The van der Waals surface area contributed by atoms with Crippen molar-refractivity contribution in [1.82, 2.24) is 9.80 Å².